The van der Waals surface area contributed by atoms with E-state index in [0.29, 0.717) is 25.1 Å². The summed E-state index contributed by atoms with van der Waals surface area (Å²) < 4.78 is 0. The molecule has 0 aliphatic rings. The van der Waals surface area contributed by atoms with Crippen LogP contribution in [0.3, 0.4) is 0 Å². The summed E-state index contributed by atoms with van der Waals surface area (Å²) in [4.78, 5) is 22.2. The number of aromatic hydroxyl groups is 1. The monoisotopic (exact) mass is 236 g/mol. The van der Waals surface area contributed by atoms with Gasteiger partial charge in [-0.05, 0) is 24.6 Å². The van der Waals surface area contributed by atoms with E-state index in [1.165, 1.54) is 19.1 Å². The first kappa shape index (κ1) is 13.0. The molecule has 1 aromatic rings. The number of carbonyl (C=O) groups is 2. The van der Waals surface area contributed by atoms with Crippen LogP contribution in [0.5, 0.6) is 5.75 Å². The van der Waals surface area contributed by atoms with Crippen LogP contribution in [0.15, 0.2) is 24.3 Å². The third kappa shape index (κ3) is 5.01. The van der Waals surface area contributed by atoms with E-state index in [0.717, 1.165) is 0 Å². The first-order valence-electron chi connectivity index (χ1n) is 5.41. The van der Waals surface area contributed by atoms with Crippen molar-refractivity contribution in [1.29, 1.82) is 0 Å². The molecular formula is C12H16N2O3. The number of nitrogens with one attached hydrogen (secondary N) is 2. The molecule has 0 bridgehead atoms. The molecule has 92 valence electrons. The summed E-state index contributed by atoms with van der Waals surface area (Å²) in [7, 11) is 0. The second-order valence-corrected chi connectivity index (χ2v) is 3.64. The first-order chi connectivity index (χ1) is 8.09. The summed E-state index contributed by atoms with van der Waals surface area (Å²) in [6.07, 6.45) is 0.671. The van der Waals surface area contributed by atoms with Gasteiger partial charge in [-0.3, -0.25) is 9.59 Å². The third-order valence-corrected chi connectivity index (χ3v) is 2.12. The molecule has 0 fully saturated rings. The normalized spacial score (nSPS) is 9.71. The molecule has 0 aromatic heterocycles. The Morgan fingerprint density at radius 3 is 2.59 bits per heavy atom. The number of hydrogen-bond acceptors (Lipinski definition) is 3. The zero-order valence-electron chi connectivity index (χ0n) is 9.69. The van der Waals surface area contributed by atoms with E-state index in [9.17, 15) is 14.7 Å². The highest BCUT2D eigenvalue weighted by Gasteiger charge is 2.04. The first-order valence-corrected chi connectivity index (χ1v) is 5.41. The lowest BCUT2D eigenvalue weighted by Crippen LogP contribution is -2.28. The van der Waals surface area contributed by atoms with E-state index in [2.05, 4.69) is 10.6 Å². The zero-order valence-corrected chi connectivity index (χ0v) is 9.69. The number of benzene rings is 1. The molecule has 17 heavy (non-hydrogen) atoms. The molecule has 5 heteroatoms. The van der Waals surface area contributed by atoms with E-state index in [1.54, 1.807) is 12.1 Å². The summed E-state index contributed by atoms with van der Waals surface area (Å²) >= 11 is 0. The Balaban J connectivity index is 2.28. The van der Waals surface area contributed by atoms with Crippen molar-refractivity contribution in [1.82, 2.24) is 10.6 Å². The Morgan fingerprint density at radius 1 is 1.24 bits per heavy atom. The number of amides is 2. The van der Waals surface area contributed by atoms with Gasteiger partial charge >= 0.3 is 0 Å². The van der Waals surface area contributed by atoms with Crippen LogP contribution in [0.4, 0.5) is 0 Å². The lowest BCUT2D eigenvalue weighted by atomic mass is 10.2. The van der Waals surface area contributed by atoms with Crippen LogP contribution in [-0.2, 0) is 4.79 Å². The minimum atomic E-state index is -0.233. The van der Waals surface area contributed by atoms with Crippen LogP contribution < -0.4 is 10.6 Å². The van der Waals surface area contributed by atoms with Gasteiger partial charge in [-0.25, -0.2) is 0 Å². The predicted molar refractivity (Wildman–Crippen MR) is 63.7 cm³/mol. The fourth-order valence-corrected chi connectivity index (χ4v) is 1.30. The molecule has 2 amide bonds. The number of phenols is 1. The lowest BCUT2D eigenvalue weighted by Gasteiger charge is -2.05. The number of carbonyl (C=O) groups excluding carboxylic acids is 2. The number of rotatable bonds is 5. The van der Waals surface area contributed by atoms with E-state index in [4.69, 9.17) is 0 Å². The van der Waals surface area contributed by atoms with Crippen molar-refractivity contribution < 1.29 is 14.7 Å². The van der Waals surface area contributed by atoms with Crippen LogP contribution in [0.2, 0.25) is 0 Å². The molecule has 1 rings (SSSR count). The minimum Gasteiger partial charge on any atom is -0.508 e. The summed E-state index contributed by atoms with van der Waals surface area (Å²) in [5.41, 5.74) is 0.421. The fourth-order valence-electron chi connectivity index (χ4n) is 1.30. The van der Waals surface area contributed by atoms with Crippen molar-refractivity contribution >= 4 is 11.8 Å². The number of phenolic OH excluding ortho intramolecular Hbond substituents is 1. The summed E-state index contributed by atoms with van der Waals surface area (Å²) in [6, 6.07) is 6.15. The minimum absolute atomic E-state index is 0.0656. The highest BCUT2D eigenvalue weighted by atomic mass is 16.3. The summed E-state index contributed by atoms with van der Waals surface area (Å²) in [5.74, 6) is -0.246. The van der Waals surface area contributed by atoms with Crippen LogP contribution in [0, 0.1) is 0 Å². The van der Waals surface area contributed by atoms with Crippen molar-refractivity contribution in [2.24, 2.45) is 0 Å². The van der Waals surface area contributed by atoms with Gasteiger partial charge in [0, 0.05) is 25.6 Å². The standard InChI is InChI=1S/C12H16N2O3/c1-9(15)13-6-3-7-14-12(17)10-4-2-5-11(16)8-10/h2,4-5,8,16H,3,6-7H2,1H3,(H,13,15)(H,14,17). The molecular weight excluding hydrogens is 220 g/mol. The maximum Gasteiger partial charge on any atom is 0.251 e. The highest BCUT2D eigenvalue weighted by molar-refractivity contribution is 5.94. The predicted octanol–water partition coefficient (Wildman–Crippen LogP) is 0.648. The molecule has 0 aliphatic carbocycles. The van der Waals surface area contributed by atoms with Crippen LogP contribution >= 0.6 is 0 Å². The van der Waals surface area contributed by atoms with Gasteiger partial charge in [-0.1, -0.05) is 6.07 Å². The summed E-state index contributed by atoms with van der Waals surface area (Å²) in [6.45, 7) is 2.47. The van der Waals surface area contributed by atoms with Crippen molar-refractivity contribution in [2.45, 2.75) is 13.3 Å². The molecule has 0 saturated heterocycles. The van der Waals surface area contributed by atoms with Crippen molar-refractivity contribution in [3.63, 3.8) is 0 Å². The molecule has 0 spiro atoms. The smallest absolute Gasteiger partial charge is 0.251 e. The van der Waals surface area contributed by atoms with E-state index in [1.807, 2.05) is 0 Å². The largest absolute Gasteiger partial charge is 0.508 e. The fraction of sp³-hybridized carbons (Fsp3) is 0.333. The van der Waals surface area contributed by atoms with E-state index >= 15 is 0 Å². The Bertz CT molecular complexity index is 404. The van der Waals surface area contributed by atoms with Gasteiger partial charge in [-0.2, -0.15) is 0 Å². The van der Waals surface area contributed by atoms with Crippen molar-refractivity contribution in [3.05, 3.63) is 29.8 Å². The van der Waals surface area contributed by atoms with Gasteiger partial charge in [0.2, 0.25) is 5.91 Å². The van der Waals surface area contributed by atoms with E-state index < -0.39 is 0 Å². The number of hydrogen-bond donors (Lipinski definition) is 3. The topological polar surface area (TPSA) is 78.4 Å². The van der Waals surface area contributed by atoms with Crippen LogP contribution in [0.1, 0.15) is 23.7 Å². The van der Waals surface area contributed by atoms with Gasteiger partial charge in [0.15, 0.2) is 0 Å². The zero-order chi connectivity index (χ0) is 12.7. The quantitative estimate of drug-likeness (QED) is 0.657. The Kier molecular flexibility index (Phi) is 5.00. The Morgan fingerprint density at radius 2 is 1.94 bits per heavy atom. The molecule has 3 N–H and O–H groups in total. The van der Waals surface area contributed by atoms with Gasteiger partial charge in [0.1, 0.15) is 5.75 Å². The van der Waals surface area contributed by atoms with Crippen LogP contribution in [0.25, 0.3) is 0 Å². The molecule has 1 aromatic carbocycles. The van der Waals surface area contributed by atoms with E-state index in [-0.39, 0.29) is 17.6 Å². The van der Waals surface area contributed by atoms with Gasteiger partial charge < -0.3 is 15.7 Å². The molecule has 0 saturated carbocycles. The Hall–Kier alpha value is -2.04. The molecule has 5 nitrogen and oxygen atoms in total. The average Bonchev–Trinajstić information content (AvgIpc) is 2.28. The van der Waals surface area contributed by atoms with Crippen LogP contribution in [-0.4, -0.2) is 30.0 Å². The van der Waals surface area contributed by atoms with Gasteiger partial charge in [0.25, 0.3) is 5.91 Å². The lowest BCUT2D eigenvalue weighted by molar-refractivity contribution is -0.118. The SMILES string of the molecule is CC(=O)NCCCNC(=O)c1cccc(O)c1. The van der Waals surface area contributed by atoms with Crippen molar-refractivity contribution in [2.75, 3.05) is 13.1 Å². The molecule has 0 atom stereocenters. The second-order valence-electron chi connectivity index (χ2n) is 3.64. The molecule has 0 heterocycles. The second kappa shape index (κ2) is 6.52. The van der Waals surface area contributed by atoms with Gasteiger partial charge in [-0.15, -0.1) is 0 Å². The average molecular weight is 236 g/mol. The third-order valence-electron chi connectivity index (χ3n) is 2.12. The highest BCUT2D eigenvalue weighted by Crippen LogP contribution is 2.10. The molecule has 0 radical (unpaired) electrons. The van der Waals surface area contributed by atoms with Gasteiger partial charge in [0.05, 0.1) is 0 Å². The maximum atomic E-state index is 11.6. The maximum absolute atomic E-state index is 11.6. The molecule has 0 unspecified atom stereocenters. The Labute approximate surface area is 99.8 Å². The summed E-state index contributed by atoms with van der Waals surface area (Å²) in [5, 5.41) is 14.5. The molecule has 0 aliphatic heterocycles. The van der Waals surface area contributed by atoms with Crippen molar-refractivity contribution in [3.8, 4) is 5.75 Å².